The maximum absolute atomic E-state index is 5.58. The first-order valence-corrected chi connectivity index (χ1v) is 8.96. The topological polar surface area (TPSA) is 76.5 Å². The molecule has 140 valence electrons. The summed E-state index contributed by atoms with van der Waals surface area (Å²) in [5.41, 5.74) is 10.7. The molecule has 0 radical (unpaired) electrons. The van der Waals surface area contributed by atoms with E-state index in [-0.39, 0.29) is 5.95 Å². The molecule has 5 nitrogen and oxygen atoms in total. The Bertz CT molecular complexity index is 727. The van der Waals surface area contributed by atoms with E-state index in [1.54, 1.807) is 13.2 Å². The minimum Gasteiger partial charge on any atom is -0.368 e. The highest BCUT2D eigenvalue weighted by Gasteiger charge is 2.09. The third-order valence-electron chi connectivity index (χ3n) is 3.88. The van der Waals surface area contributed by atoms with Crippen molar-refractivity contribution in [1.29, 1.82) is 0 Å². The van der Waals surface area contributed by atoms with E-state index in [1.165, 1.54) is 25.7 Å². The molecule has 0 unspecified atom stereocenters. The number of anilines is 1. The number of allylic oxidation sites excluding steroid dienone is 4. The standard InChI is InChI=1S/C17H23N5.C4H8/c1-11(2)9-20-12(3)7-8-16(19-6)13(4)15-10-21-17(18)22-14(15)5;1-2-4-3-1/h7-10H,4H2,1-3,5-6H3,(H2,18,21,22);1-4H2/b8-7-,19-16?,20-12?;. The molecular formula is C21H31N5. The lowest BCUT2D eigenvalue weighted by molar-refractivity contribution is 0.504. The summed E-state index contributed by atoms with van der Waals surface area (Å²) < 4.78 is 0. The van der Waals surface area contributed by atoms with Gasteiger partial charge in [0.05, 0.1) is 11.4 Å². The predicted octanol–water partition coefficient (Wildman–Crippen LogP) is 4.95. The Hall–Kier alpha value is -2.56. The zero-order chi connectivity index (χ0) is 19.5. The van der Waals surface area contributed by atoms with Crippen molar-refractivity contribution in [2.24, 2.45) is 9.98 Å². The monoisotopic (exact) mass is 353 g/mol. The third kappa shape index (κ3) is 7.55. The molecule has 0 bridgehead atoms. The summed E-state index contributed by atoms with van der Waals surface area (Å²) in [5.74, 6) is 0.254. The number of nitrogen functional groups attached to an aromatic ring is 1. The molecule has 0 amide bonds. The number of aliphatic imine (C=N–C) groups is 2. The summed E-state index contributed by atoms with van der Waals surface area (Å²) in [4.78, 5) is 16.8. The Kier molecular flexibility index (Phi) is 9.20. The highest BCUT2D eigenvalue weighted by atomic mass is 15.0. The van der Waals surface area contributed by atoms with E-state index in [0.29, 0.717) is 0 Å². The molecule has 2 rings (SSSR count). The summed E-state index contributed by atoms with van der Waals surface area (Å²) in [7, 11) is 1.72. The highest BCUT2D eigenvalue weighted by molar-refractivity contribution is 6.29. The number of hydrogen-bond acceptors (Lipinski definition) is 5. The van der Waals surface area contributed by atoms with Gasteiger partial charge in [0.2, 0.25) is 5.95 Å². The van der Waals surface area contributed by atoms with E-state index in [2.05, 4.69) is 26.5 Å². The van der Waals surface area contributed by atoms with Crippen molar-refractivity contribution >= 4 is 22.9 Å². The fourth-order valence-electron chi connectivity index (χ4n) is 1.95. The van der Waals surface area contributed by atoms with Crippen molar-refractivity contribution in [3.8, 4) is 0 Å². The number of nitrogens with two attached hydrogens (primary N) is 1. The summed E-state index contributed by atoms with van der Waals surface area (Å²) in [5, 5.41) is 0. The number of nitrogens with zero attached hydrogens (tertiary/aromatic N) is 4. The largest absolute Gasteiger partial charge is 0.368 e. The maximum atomic E-state index is 5.58. The van der Waals surface area contributed by atoms with E-state index in [4.69, 9.17) is 5.73 Å². The van der Waals surface area contributed by atoms with Gasteiger partial charge in [-0.1, -0.05) is 37.8 Å². The molecule has 5 heteroatoms. The van der Waals surface area contributed by atoms with Gasteiger partial charge in [-0.3, -0.25) is 9.98 Å². The van der Waals surface area contributed by atoms with Crippen LogP contribution in [0.5, 0.6) is 0 Å². The number of aromatic nitrogens is 2. The van der Waals surface area contributed by atoms with Crippen molar-refractivity contribution < 1.29 is 0 Å². The summed E-state index contributed by atoms with van der Waals surface area (Å²) in [6, 6.07) is 0. The molecule has 0 saturated heterocycles. The van der Waals surface area contributed by atoms with Crippen LogP contribution in [0.3, 0.4) is 0 Å². The number of hydrogen-bond donors (Lipinski definition) is 1. The maximum Gasteiger partial charge on any atom is 0.220 e. The van der Waals surface area contributed by atoms with E-state index in [9.17, 15) is 0 Å². The molecule has 1 fully saturated rings. The molecule has 1 saturated carbocycles. The van der Waals surface area contributed by atoms with Crippen molar-refractivity contribution in [3.05, 3.63) is 48.0 Å². The Labute approximate surface area is 157 Å². The average Bonchev–Trinajstić information content (AvgIpc) is 2.51. The van der Waals surface area contributed by atoms with Crippen molar-refractivity contribution in [2.45, 2.75) is 53.4 Å². The fourth-order valence-corrected chi connectivity index (χ4v) is 1.95. The van der Waals surface area contributed by atoms with Gasteiger partial charge in [0.15, 0.2) is 0 Å². The van der Waals surface area contributed by atoms with Crippen LogP contribution >= 0.6 is 0 Å². The van der Waals surface area contributed by atoms with Gasteiger partial charge in [-0.2, -0.15) is 0 Å². The minimum absolute atomic E-state index is 0.254. The molecule has 0 atom stereocenters. The fraction of sp³-hybridized carbons (Fsp3) is 0.429. The third-order valence-corrected chi connectivity index (χ3v) is 3.88. The molecule has 2 N–H and O–H groups in total. The van der Waals surface area contributed by atoms with Crippen LogP contribution < -0.4 is 5.73 Å². The molecule has 1 aliphatic rings. The number of aryl methyl sites for hydroxylation is 1. The van der Waals surface area contributed by atoms with Crippen LogP contribution in [0.4, 0.5) is 5.95 Å². The van der Waals surface area contributed by atoms with Gasteiger partial charge in [0.25, 0.3) is 0 Å². The first-order chi connectivity index (χ1) is 12.3. The Balaban J connectivity index is 0.000000739. The van der Waals surface area contributed by atoms with Crippen LogP contribution in [0.15, 0.2) is 46.7 Å². The van der Waals surface area contributed by atoms with Gasteiger partial charge >= 0.3 is 0 Å². The lowest BCUT2D eigenvalue weighted by Gasteiger charge is -2.08. The van der Waals surface area contributed by atoms with E-state index < -0.39 is 0 Å². The van der Waals surface area contributed by atoms with Crippen LogP contribution in [-0.4, -0.2) is 28.4 Å². The molecule has 0 spiro atoms. The molecule has 1 aromatic rings. The van der Waals surface area contributed by atoms with Gasteiger partial charge < -0.3 is 5.73 Å². The summed E-state index contributed by atoms with van der Waals surface area (Å²) in [6.07, 6.45) is 13.3. The van der Waals surface area contributed by atoms with Gasteiger partial charge in [-0.25, -0.2) is 9.97 Å². The van der Waals surface area contributed by atoms with Crippen LogP contribution in [-0.2, 0) is 0 Å². The lowest BCUT2D eigenvalue weighted by atomic mass is 10.0. The highest BCUT2D eigenvalue weighted by Crippen LogP contribution is 2.18. The van der Waals surface area contributed by atoms with Crippen molar-refractivity contribution in [2.75, 3.05) is 12.8 Å². The first kappa shape index (κ1) is 21.5. The van der Waals surface area contributed by atoms with Gasteiger partial charge in [0, 0.05) is 36.3 Å². The Morgan fingerprint density at radius 2 is 1.77 bits per heavy atom. The molecule has 1 heterocycles. The summed E-state index contributed by atoms with van der Waals surface area (Å²) in [6.45, 7) is 11.9. The smallest absolute Gasteiger partial charge is 0.220 e. The predicted molar refractivity (Wildman–Crippen MR) is 114 cm³/mol. The minimum atomic E-state index is 0.254. The Morgan fingerprint density at radius 1 is 1.15 bits per heavy atom. The molecule has 26 heavy (non-hydrogen) atoms. The molecular weight excluding hydrogens is 322 g/mol. The zero-order valence-electron chi connectivity index (χ0n) is 16.7. The first-order valence-electron chi connectivity index (χ1n) is 8.96. The molecule has 1 aromatic heterocycles. The van der Waals surface area contributed by atoms with Crippen LogP contribution in [0.25, 0.3) is 5.57 Å². The van der Waals surface area contributed by atoms with Crippen LogP contribution in [0, 0.1) is 6.92 Å². The van der Waals surface area contributed by atoms with Gasteiger partial charge in [-0.15, -0.1) is 0 Å². The van der Waals surface area contributed by atoms with Crippen molar-refractivity contribution in [1.82, 2.24) is 9.97 Å². The van der Waals surface area contributed by atoms with Gasteiger partial charge in [-0.05, 0) is 39.8 Å². The van der Waals surface area contributed by atoms with Gasteiger partial charge in [0.1, 0.15) is 0 Å². The lowest BCUT2D eigenvalue weighted by Crippen LogP contribution is -2.05. The second kappa shape index (κ2) is 11.1. The van der Waals surface area contributed by atoms with Crippen molar-refractivity contribution in [3.63, 3.8) is 0 Å². The average molecular weight is 354 g/mol. The Morgan fingerprint density at radius 3 is 2.23 bits per heavy atom. The molecule has 1 aliphatic carbocycles. The SMILES string of the molecule is C1CCC1.C=C(C(/C=C\C(C)=NC=C(C)C)=NC)c1cnc(N)nc1C. The zero-order valence-corrected chi connectivity index (χ0v) is 16.7. The molecule has 0 aromatic carbocycles. The second-order valence-corrected chi connectivity index (χ2v) is 6.54. The van der Waals surface area contributed by atoms with Crippen LogP contribution in [0.2, 0.25) is 0 Å². The normalized spacial score (nSPS) is 14.3. The van der Waals surface area contributed by atoms with E-state index in [0.717, 1.165) is 33.8 Å². The number of rotatable bonds is 5. The summed E-state index contributed by atoms with van der Waals surface area (Å²) >= 11 is 0. The van der Waals surface area contributed by atoms with Crippen LogP contribution in [0.1, 0.15) is 57.7 Å². The quantitative estimate of drug-likeness (QED) is 0.761. The van der Waals surface area contributed by atoms with E-state index >= 15 is 0 Å². The molecule has 0 aliphatic heterocycles. The van der Waals surface area contributed by atoms with E-state index in [1.807, 2.05) is 46.0 Å². The second-order valence-electron chi connectivity index (χ2n) is 6.54.